The highest BCUT2D eigenvalue weighted by Crippen LogP contribution is 2.24. The normalized spacial score (nSPS) is 12.6. The van der Waals surface area contributed by atoms with Crippen LogP contribution in [0.15, 0.2) is 18.2 Å². The summed E-state index contributed by atoms with van der Waals surface area (Å²) in [4.78, 5) is 2.22. The van der Waals surface area contributed by atoms with E-state index in [9.17, 15) is 0 Å². The Morgan fingerprint density at radius 2 is 1.94 bits per heavy atom. The van der Waals surface area contributed by atoms with Crippen LogP contribution in [0.4, 0.5) is 5.69 Å². The molecule has 3 heteroatoms. The summed E-state index contributed by atoms with van der Waals surface area (Å²) < 4.78 is 0. The Hall–Kier alpha value is -1.51. The molecule has 0 spiro atoms. The first-order valence-corrected chi connectivity index (χ1v) is 6.50. The van der Waals surface area contributed by atoms with Crippen LogP contribution in [-0.4, -0.2) is 18.9 Å². The molecule has 100 valence electrons. The summed E-state index contributed by atoms with van der Waals surface area (Å²) in [7, 11) is 2.07. The first-order valence-electron chi connectivity index (χ1n) is 6.50. The predicted molar refractivity (Wildman–Crippen MR) is 79.5 cm³/mol. The summed E-state index contributed by atoms with van der Waals surface area (Å²) in [6.45, 7) is 8.69. The molecule has 1 aromatic rings. The van der Waals surface area contributed by atoms with Gasteiger partial charge in [0.25, 0.3) is 0 Å². The van der Waals surface area contributed by atoms with Crippen LogP contribution in [0, 0.1) is 18.3 Å². The predicted octanol–water partition coefficient (Wildman–Crippen LogP) is 3.15. The van der Waals surface area contributed by atoms with Gasteiger partial charge in [-0.1, -0.05) is 25.5 Å². The van der Waals surface area contributed by atoms with Crippen LogP contribution >= 0.6 is 0 Å². The average Bonchev–Trinajstić information content (AvgIpc) is 2.26. The molecule has 1 atom stereocenters. The van der Waals surface area contributed by atoms with Gasteiger partial charge in [-0.3, -0.25) is 5.41 Å². The quantitative estimate of drug-likeness (QED) is 0.620. The zero-order valence-electron chi connectivity index (χ0n) is 12.1. The Morgan fingerprint density at radius 1 is 1.33 bits per heavy atom. The van der Waals surface area contributed by atoms with E-state index in [1.807, 2.05) is 13.0 Å². The van der Waals surface area contributed by atoms with E-state index in [0.717, 1.165) is 23.2 Å². The van der Waals surface area contributed by atoms with Crippen molar-refractivity contribution in [1.82, 2.24) is 0 Å². The van der Waals surface area contributed by atoms with Crippen molar-refractivity contribution in [2.45, 2.75) is 40.2 Å². The lowest BCUT2D eigenvalue weighted by atomic mass is 10.0. The van der Waals surface area contributed by atoms with Crippen molar-refractivity contribution in [3.05, 3.63) is 29.3 Å². The van der Waals surface area contributed by atoms with Gasteiger partial charge in [-0.25, -0.2) is 0 Å². The summed E-state index contributed by atoms with van der Waals surface area (Å²) >= 11 is 0. The minimum absolute atomic E-state index is 0.136. The Bertz CT molecular complexity index is 424. The van der Waals surface area contributed by atoms with E-state index < -0.39 is 0 Å². The molecule has 1 unspecified atom stereocenters. The van der Waals surface area contributed by atoms with Crippen molar-refractivity contribution in [3.8, 4) is 0 Å². The lowest BCUT2D eigenvalue weighted by Gasteiger charge is -2.30. The topological polar surface area (TPSA) is 53.1 Å². The van der Waals surface area contributed by atoms with Gasteiger partial charge in [0.2, 0.25) is 0 Å². The van der Waals surface area contributed by atoms with Gasteiger partial charge >= 0.3 is 0 Å². The van der Waals surface area contributed by atoms with Crippen LogP contribution in [0.1, 0.15) is 38.3 Å². The van der Waals surface area contributed by atoms with Crippen LogP contribution in [-0.2, 0) is 0 Å². The molecule has 1 aromatic carbocycles. The zero-order chi connectivity index (χ0) is 13.9. The molecule has 1 rings (SSSR count). The number of nitrogen functional groups attached to an aromatic ring is 1. The molecule has 3 N–H and O–H groups in total. The van der Waals surface area contributed by atoms with E-state index in [-0.39, 0.29) is 5.84 Å². The van der Waals surface area contributed by atoms with Crippen molar-refractivity contribution in [1.29, 1.82) is 5.41 Å². The van der Waals surface area contributed by atoms with Gasteiger partial charge in [-0.15, -0.1) is 0 Å². The lowest BCUT2D eigenvalue weighted by Crippen LogP contribution is -2.32. The molecule has 0 aliphatic rings. The molecule has 0 bridgehead atoms. The molecular formula is C15H25N3. The molecule has 18 heavy (non-hydrogen) atoms. The van der Waals surface area contributed by atoms with E-state index in [0.29, 0.717) is 12.0 Å². The zero-order valence-corrected chi connectivity index (χ0v) is 12.1. The smallest absolute Gasteiger partial charge is 0.124 e. The van der Waals surface area contributed by atoms with Crippen molar-refractivity contribution >= 4 is 11.5 Å². The Kier molecular flexibility index (Phi) is 4.76. The van der Waals surface area contributed by atoms with E-state index >= 15 is 0 Å². The number of hydrogen-bond donors (Lipinski definition) is 2. The van der Waals surface area contributed by atoms with Crippen LogP contribution in [0.25, 0.3) is 0 Å². The minimum atomic E-state index is 0.136. The second kappa shape index (κ2) is 5.89. The fraction of sp³-hybridized carbons (Fsp3) is 0.533. The largest absolute Gasteiger partial charge is 0.384 e. The molecule has 0 heterocycles. The standard InChI is InChI=1S/C15H25N3/c1-10(2)8-12(4)18(5)14-7-6-11(3)9-13(14)15(16)17/h6-7,9-10,12H,8H2,1-5H3,(H3,16,17). The van der Waals surface area contributed by atoms with Gasteiger partial charge in [0.05, 0.1) is 0 Å². The number of nitrogens with two attached hydrogens (primary N) is 1. The van der Waals surface area contributed by atoms with Crippen molar-refractivity contribution in [3.63, 3.8) is 0 Å². The molecule has 0 saturated heterocycles. The van der Waals surface area contributed by atoms with Crippen LogP contribution in [0.2, 0.25) is 0 Å². The number of rotatable bonds is 5. The maximum absolute atomic E-state index is 7.70. The summed E-state index contributed by atoms with van der Waals surface area (Å²) in [5.41, 5.74) is 8.68. The Labute approximate surface area is 111 Å². The van der Waals surface area contributed by atoms with Gasteiger partial charge in [0.15, 0.2) is 0 Å². The van der Waals surface area contributed by atoms with Gasteiger partial charge in [-0.05, 0) is 38.3 Å². The molecule has 0 fully saturated rings. The molecule has 3 nitrogen and oxygen atoms in total. The second-order valence-corrected chi connectivity index (χ2v) is 5.52. The molecule has 0 radical (unpaired) electrons. The summed E-state index contributed by atoms with van der Waals surface area (Å²) in [5, 5.41) is 7.70. The molecular weight excluding hydrogens is 222 g/mol. The number of nitrogens with one attached hydrogen (secondary N) is 1. The average molecular weight is 247 g/mol. The lowest BCUT2D eigenvalue weighted by molar-refractivity contribution is 0.504. The van der Waals surface area contributed by atoms with Gasteiger partial charge in [0.1, 0.15) is 5.84 Å². The van der Waals surface area contributed by atoms with Gasteiger partial charge in [0, 0.05) is 24.3 Å². The second-order valence-electron chi connectivity index (χ2n) is 5.52. The minimum Gasteiger partial charge on any atom is -0.384 e. The maximum atomic E-state index is 7.70. The first-order chi connectivity index (χ1) is 8.32. The van der Waals surface area contributed by atoms with E-state index in [1.54, 1.807) is 0 Å². The fourth-order valence-corrected chi connectivity index (χ4v) is 2.25. The number of anilines is 1. The SMILES string of the molecule is Cc1ccc(N(C)C(C)CC(C)C)c(C(=N)N)c1. The number of aryl methyl sites for hydroxylation is 1. The third kappa shape index (κ3) is 3.49. The highest BCUT2D eigenvalue weighted by molar-refractivity contribution is 6.00. The summed E-state index contributed by atoms with van der Waals surface area (Å²) in [6.07, 6.45) is 1.13. The highest BCUT2D eigenvalue weighted by Gasteiger charge is 2.16. The van der Waals surface area contributed by atoms with Crippen molar-refractivity contribution in [2.24, 2.45) is 11.7 Å². The van der Waals surface area contributed by atoms with E-state index in [1.165, 1.54) is 0 Å². The third-order valence-electron chi connectivity index (χ3n) is 3.30. The Morgan fingerprint density at radius 3 is 2.44 bits per heavy atom. The molecule has 0 aliphatic carbocycles. The number of benzene rings is 1. The van der Waals surface area contributed by atoms with Crippen molar-refractivity contribution < 1.29 is 0 Å². The van der Waals surface area contributed by atoms with Crippen LogP contribution in [0.3, 0.4) is 0 Å². The molecule has 0 aromatic heterocycles. The molecule has 0 saturated carbocycles. The van der Waals surface area contributed by atoms with E-state index in [4.69, 9.17) is 11.1 Å². The summed E-state index contributed by atoms with van der Waals surface area (Å²) in [6, 6.07) is 6.55. The number of amidine groups is 1. The van der Waals surface area contributed by atoms with Crippen molar-refractivity contribution in [2.75, 3.05) is 11.9 Å². The molecule has 0 aliphatic heterocycles. The number of nitrogens with zero attached hydrogens (tertiary/aromatic N) is 1. The van der Waals surface area contributed by atoms with Crippen LogP contribution < -0.4 is 10.6 Å². The fourth-order valence-electron chi connectivity index (χ4n) is 2.25. The van der Waals surface area contributed by atoms with Gasteiger partial charge in [-0.2, -0.15) is 0 Å². The monoisotopic (exact) mass is 247 g/mol. The highest BCUT2D eigenvalue weighted by atomic mass is 15.1. The summed E-state index contributed by atoms with van der Waals surface area (Å²) in [5.74, 6) is 0.797. The molecule has 0 amide bonds. The van der Waals surface area contributed by atoms with Crippen LogP contribution in [0.5, 0.6) is 0 Å². The third-order valence-corrected chi connectivity index (χ3v) is 3.30. The van der Waals surface area contributed by atoms with Gasteiger partial charge < -0.3 is 10.6 Å². The maximum Gasteiger partial charge on any atom is 0.124 e. The number of hydrogen-bond acceptors (Lipinski definition) is 2. The first kappa shape index (κ1) is 14.6. The Balaban J connectivity index is 3.04. The van der Waals surface area contributed by atoms with E-state index in [2.05, 4.69) is 44.9 Å².